The highest BCUT2D eigenvalue weighted by Crippen LogP contribution is 2.31. The third-order valence-electron chi connectivity index (χ3n) is 3.04. The quantitative estimate of drug-likeness (QED) is 0.544. The molecule has 0 aliphatic carbocycles. The van der Waals surface area contributed by atoms with Crippen molar-refractivity contribution in [3.8, 4) is 0 Å². The highest BCUT2D eigenvalue weighted by Gasteiger charge is 2.19. The van der Waals surface area contributed by atoms with Crippen LogP contribution < -0.4 is 0 Å². The minimum absolute atomic E-state index is 0.0969. The molecule has 0 aliphatic rings. The lowest BCUT2D eigenvalue weighted by Crippen LogP contribution is -1.99. The summed E-state index contributed by atoms with van der Waals surface area (Å²) in [5.74, 6) is -1.19. The van der Waals surface area contributed by atoms with Gasteiger partial charge in [0.25, 0.3) is 5.69 Å². The SMILES string of the molecule is O=C(O)c1cc([N+](=O)[O-])cc2c1[nH]c1ccccc12. The standard InChI is InChI=1S/C13H8N2O4/c16-13(17)10-6-7(15(18)19)5-9-8-3-1-2-4-11(8)14-12(9)10/h1-6,14H,(H,16,17). The van der Waals surface area contributed by atoms with Crippen LogP contribution in [0.3, 0.4) is 0 Å². The molecule has 0 saturated carbocycles. The van der Waals surface area contributed by atoms with Crippen molar-refractivity contribution in [1.82, 2.24) is 4.98 Å². The van der Waals surface area contributed by atoms with Gasteiger partial charge >= 0.3 is 5.97 Å². The van der Waals surface area contributed by atoms with E-state index in [0.717, 1.165) is 17.0 Å². The summed E-state index contributed by atoms with van der Waals surface area (Å²) in [7, 11) is 0. The van der Waals surface area contributed by atoms with Gasteiger partial charge in [0.1, 0.15) is 0 Å². The van der Waals surface area contributed by atoms with E-state index in [-0.39, 0.29) is 11.3 Å². The molecular weight excluding hydrogens is 248 g/mol. The highest BCUT2D eigenvalue weighted by atomic mass is 16.6. The Morgan fingerprint density at radius 3 is 2.63 bits per heavy atom. The van der Waals surface area contributed by atoms with Gasteiger partial charge in [0.15, 0.2) is 0 Å². The normalized spacial score (nSPS) is 10.9. The molecule has 1 heterocycles. The van der Waals surface area contributed by atoms with Crippen LogP contribution in [0.4, 0.5) is 5.69 Å². The number of nitro groups is 1. The second-order valence-corrected chi connectivity index (χ2v) is 4.15. The van der Waals surface area contributed by atoms with E-state index in [1.807, 2.05) is 6.07 Å². The molecular formula is C13H8N2O4. The van der Waals surface area contributed by atoms with Gasteiger partial charge in [0, 0.05) is 28.4 Å². The second kappa shape index (κ2) is 3.81. The summed E-state index contributed by atoms with van der Waals surface area (Å²) in [5, 5.41) is 21.4. The molecule has 0 radical (unpaired) electrons. The maximum absolute atomic E-state index is 11.2. The van der Waals surface area contributed by atoms with E-state index in [1.54, 1.807) is 18.2 Å². The van der Waals surface area contributed by atoms with E-state index in [0.29, 0.717) is 10.9 Å². The lowest BCUT2D eigenvalue weighted by atomic mass is 10.1. The van der Waals surface area contributed by atoms with Crippen molar-refractivity contribution in [2.24, 2.45) is 0 Å². The van der Waals surface area contributed by atoms with Gasteiger partial charge in [0.2, 0.25) is 0 Å². The number of nitrogens with one attached hydrogen (secondary N) is 1. The third-order valence-corrected chi connectivity index (χ3v) is 3.04. The molecule has 2 aromatic carbocycles. The predicted molar refractivity (Wildman–Crippen MR) is 69.4 cm³/mol. The second-order valence-electron chi connectivity index (χ2n) is 4.15. The lowest BCUT2D eigenvalue weighted by Gasteiger charge is -1.98. The summed E-state index contributed by atoms with van der Waals surface area (Å²) in [5.41, 5.74) is 0.829. The number of nitro benzene ring substituents is 1. The van der Waals surface area contributed by atoms with Gasteiger partial charge in [-0.1, -0.05) is 18.2 Å². The molecule has 0 fully saturated rings. The van der Waals surface area contributed by atoms with Gasteiger partial charge in [-0.2, -0.15) is 0 Å². The Kier molecular flexibility index (Phi) is 2.25. The minimum atomic E-state index is -1.19. The van der Waals surface area contributed by atoms with Crippen LogP contribution >= 0.6 is 0 Å². The zero-order valence-electron chi connectivity index (χ0n) is 9.58. The number of carboxylic acid groups (broad SMARTS) is 1. The predicted octanol–water partition coefficient (Wildman–Crippen LogP) is 2.93. The van der Waals surface area contributed by atoms with E-state index >= 15 is 0 Å². The molecule has 19 heavy (non-hydrogen) atoms. The van der Waals surface area contributed by atoms with Gasteiger partial charge in [-0.15, -0.1) is 0 Å². The summed E-state index contributed by atoms with van der Waals surface area (Å²) < 4.78 is 0. The molecule has 2 N–H and O–H groups in total. The molecule has 3 aromatic rings. The van der Waals surface area contributed by atoms with Crippen molar-refractivity contribution >= 4 is 33.5 Å². The number of hydrogen-bond donors (Lipinski definition) is 2. The van der Waals surface area contributed by atoms with Crippen LogP contribution in [0, 0.1) is 10.1 Å². The summed E-state index contributed by atoms with van der Waals surface area (Å²) in [6.45, 7) is 0. The minimum Gasteiger partial charge on any atom is -0.478 e. The Labute approximate surface area is 106 Å². The summed E-state index contributed by atoms with van der Waals surface area (Å²) in [6, 6.07) is 9.67. The number of carbonyl (C=O) groups is 1. The maximum Gasteiger partial charge on any atom is 0.338 e. The van der Waals surface area contributed by atoms with Gasteiger partial charge in [-0.3, -0.25) is 10.1 Å². The first-order chi connectivity index (χ1) is 9.08. The fourth-order valence-electron chi connectivity index (χ4n) is 2.21. The van der Waals surface area contributed by atoms with Gasteiger partial charge in [-0.25, -0.2) is 4.79 Å². The van der Waals surface area contributed by atoms with E-state index in [1.165, 1.54) is 6.07 Å². The fraction of sp³-hybridized carbons (Fsp3) is 0. The van der Waals surface area contributed by atoms with Crippen molar-refractivity contribution in [2.75, 3.05) is 0 Å². The summed E-state index contributed by atoms with van der Waals surface area (Å²) >= 11 is 0. The fourth-order valence-corrected chi connectivity index (χ4v) is 2.21. The number of H-pyrrole nitrogens is 1. The van der Waals surface area contributed by atoms with Crippen LogP contribution in [0.5, 0.6) is 0 Å². The zero-order chi connectivity index (χ0) is 13.6. The van der Waals surface area contributed by atoms with E-state index in [9.17, 15) is 20.0 Å². The van der Waals surface area contributed by atoms with E-state index in [4.69, 9.17) is 0 Å². The first-order valence-electron chi connectivity index (χ1n) is 5.50. The molecule has 6 heteroatoms. The number of benzene rings is 2. The Morgan fingerprint density at radius 1 is 1.21 bits per heavy atom. The molecule has 1 aromatic heterocycles. The molecule has 0 spiro atoms. The summed E-state index contributed by atoms with van der Waals surface area (Å²) in [4.78, 5) is 24.5. The molecule has 0 aliphatic heterocycles. The number of rotatable bonds is 2. The highest BCUT2D eigenvalue weighted by molar-refractivity contribution is 6.14. The Balaban J connectivity index is 2.52. The van der Waals surface area contributed by atoms with Gasteiger partial charge in [-0.05, 0) is 6.07 Å². The van der Waals surface area contributed by atoms with Crippen LogP contribution in [0.2, 0.25) is 0 Å². The monoisotopic (exact) mass is 256 g/mol. The van der Waals surface area contributed by atoms with Gasteiger partial charge in [0.05, 0.1) is 16.0 Å². The van der Waals surface area contributed by atoms with Crippen molar-refractivity contribution in [1.29, 1.82) is 0 Å². The molecule has 0 saturated heterocycles. The Bertz CT molecular complexity index is 835. The molecule has 0 unspecified atom stereocenters. The number of carboxylic acids is 1. The zero-order valence-corrected chi connectivity index (χ0v) is 9.58. The molecule has 0 atom stereocenters. The molecule has 0 amide bonds. The number of hydrogen-bond acceptors (Lipinski definition) is 3. The molecule has 3 rings (SSSR count). The van der Waals surface area contributed by atoms with Crippen LogP contribution in [0.1, 0.15) is 10.4 Å². The number of aromatic carboxylic acids is 1. The smallest absolute Gasteiger partial charge is 0.338 e. The first kappa shape index (κ1) is 11.2. The largest absolute Gasteiger partial charge is 0.478 e. The topological polar surface area (TPSA) is 96.2 Å². The number of para-hydroxylation sites is 1. The number of nitrogens with zero attached hydrogens (tertiary/aromatic N) is 1. The van der Waals surface area contributed by atoms with Crippen LogP contribution in [-0.4, -0.2) is 21.0 Å². The van der Waals surface area contributed by atoms with E-state index in [2.05, 4.69) is 4.98 Å². The summed E-state index contributed by atoms with van der Waals surface area (Å²) in [6.07, 6.45) is 0. The Morgan fingerprint density at radius 2 is 1.95 bits per heavy atom. The van der Waals surface area contributed by atoms with E-state index < -0.39 is 10.9 Å². The number of aromatic amines is 1. The Hall–Kier alpha value is -2.89. The maximum atomic E-state index is 11.2. The first-order valence-corrected chi connectivity index (χ1v) is 5.50. The molecule has 94 valence electrons. The van der Waals surface area contributed by atoms with Crippen molar-refractivity contribution in [3.63, 3.8) is 0 Å². The molecule has 6 nitrogen and oxygen atoms in total. The lowest BCUT2D eigenvalue weighted by molar-refractivity contribution is -0.384. The number of fused-ring (bicyclic) bond motifs is 3. The van der Waals surface area contributed by atoms with Gasteiger partial charge < -0.3 is 10.1 Å². The van der Waals surface area contributed by atoms with Crippen molar-refractivity contribution in [2.45, 2.75) is 0 Å². The average molecular weight is 256 g/mol. The number of aromatic nitrogens is 1. The van der Waals surface area contributed by atoms with Crippen LogP contribution in [0.25, 0.3) is 21.8 Å². The third kappa shape index (κ3) is 1.61. The van der Waals surface area contributed by atoms with Crippen LogP contribution in [-0.2, 0) is 0 Å². The van der Waals surface area contributed by atoms with Crippen LogP contribution in [0.15, 0.2) is 36.4 Å². The van der Waals surface area contributed by atoms with Crippen molar-refractivity contribution in [3.05, 3.63) is 52.1 Å². The van der Waals surface area contributed by atoms with Crippen molar-refractivity contribution < 1.29 is 14.8 Å². The average Bonchev–Trinajstić information content (AvgIpc) is 2.75. The molecule has 0 bridgehead atoms. The number of non-ortho nitro benzene ring substituents is 1.